The third kappa shape index (κ3) is 3.68. The Morgan fingerprint density at radius 1 is 1.17 bits per heavy atom. The minimum Gasteiger partial charge on any atom is -1.00 e. The van der Waals surface area contributed by atoms with Crippen molar-refractivity contribution in [2.75, 3.05) is 5.32 Å². The third-order valence-electron chi connectivity index (χ3n) is 2.36. The molecule has 3 nitrogen and oxygen atoms in total. The number of halogens is 2. The number of nitrogens with one attached hydrogen (secondary N) is 1. The summed E-state index contributed by atoms with van der Waals surface area (Å²) in [5.41, 5.74) is 1.22. The van der Waals surface area contributed by atoms with Gasteiger partial charge in [0, 0.05) is 12.1 Å². The second-order valence-electron chi connectivity index (χ2n) is 3.69. The number of anilines is 1. The van der Waals surface area contributed by atoms with Crippen LogP contribution in [-0.2, 0) is 7.05 Å². The molecule has 0 bridgehead atoms. The Morgan fingerprint density at radius 2 is 1.78 bits per heavy atom. The molecule has 5 heteroatoms. The molecule has 1 heterocycles. The number of hydrogen-bond donors (Lipinski definition) is 1. The highest BCUT2D eigenvalue weighted by Gasteiger charge is 2.08. The van der Waals surface area contributed by atoms with Crippen molar-refractivity contribution in [3.05, 3.63) is 59.4 Å². The number of carbonyl (C=O) groups excluding carboxylic acids is 1. The number of pyridine rings is 1. The summed E-state index contributed by atoms with van der Waals surface area (Å²) in [5, 5.41) is 3.30. The van der Waals surface area contributed by atoms with Crippen LogP contribution in [0.15, 0.2) is 48.8 Å². The van der Waals surface area contributed by atoms with Gasteiger partial charge in [-0.3, -0.25) is 4.79 Å². The van der Waals surface area contributed by atoms with Crippen molar-refractivity contribution in [2.45, 2.75) is 0 Å². The van der Waals surface area contributed by atoms with Gasteiger partial charge in [-0.1, -0.05) is 23.7 Å². The Morgan fingerprint density at radius 3 is 2.39 bits per heavy atom. The van der Waals surface area contributed by atoms with E-state index in [1.54, 1.807) is 24.3 Å². The number of amides is 1. The smallest absolute Gasteiger partial charge is 0.256 e. The molecule has 0 aliphatic carbocycles. The monoisotopic (exact) mass is 374 g/mol. The maximum absolute atomic E-state index is 11.9. The van der Waals surface area contributed by atoms with Gasteiger partial charge >= 0.3 is 0 Å². The molecule has 0 aliphatic rings. The zero-order chi connectivity index (χ0) is 12.3. The highest BCUT2D eigenvalue weighted by atomic mass is 127. The molecule has 94 valence electrons. The van der Waals surface area contributed by atoms with E-state index in [4.69, 9.17) is 11.6 Å². The van der Waals surface area contributed by atoms with Crippen LogP contribution in [0.1, 0.15) is 10.4 Å². The van der Waals surface area contributed by atoms with Gasteiger partial charge < -0.3 is 29.3 Å². The highest BCUT2D eigenvalue weighted by molar-refractivity contribution is 6.33. The molecule has 0 saturated carbocycles. The number of carbonyl (C=O) groups is 1. The molecule has 1 amide bonds. The van der Waals surface area contributed by atoms with Gasteiger partial charge in [0.05, 0.1) is 16.3 Å². The summed E-state index contributed by atoms with van der Waals surface area (Å²) in [6.07, 6.45) is 3.64. The van der Waals surface area contributed by atoms with Crippen LogP contribution in [0, 0.1) is 0 Å². The van der Waals surface area contributed by atoms with Gasteiger partial charge in [-0.05, 0) is 12.1 Å². The van der Waals surface area contributed by atoms with Crippen LogP contribution in [0.2, 0.25) is 5.02 Å². The summed E-state index contributed by atoms with van der Waals surface area (Å²) in [6, 6.07) is 10.7. The SMILES string of the molecule is C[n+]1ccc(C(=O)Nc2ccccc2Cl)cc1.[I-]. The van der Waals surface area contributed by atoms with Crippen LogP contribution in [0.4, 0.5) is 5.69 Å². The fourth-order valence-corrected chi connectivity index (χ4v) is 1.59. The Bertz CT molecular complexity index is 543. The number of aromatic nitrogens is 1. The van der Waals surface area contributed by atoms with Crippen molar-refractivity contribution in [2.24, 2.45) is 7.05 Å². The quantitative estimate of drug-likeness (QED) is 0.554. The predicted molar refractivity (Wildman–Crippen MR) is 67.0 cm³/mol. The fourth-order valence-electron chi connectivity index (χ4n) is 1.41. The first kappa shape index (κ1) is 14.9. The third-order valence-corrected chi connectivity index (χ3v) is 2.69. The summed E-state index contributed by atoms with van der Waals surface area (Å²) in [7, 11) is 1.90. The number of para-hydroxylation sites is 1. The van der Waals surface area contributed by atoms with Crippen LogP contribution in [0.3, 0.4) is 0 Å². The Balaban J connectivity index is 0.00000162. The second-order valence-corrected chi connectivity index (χ2v) is 4.09. The fraction of sp³-hybridized carbons (Fsp3) is 0.0769. The van der Waals surface area contributed by atoms with Gasteiger partial charge in [0.25, 0.3) is 5.91 Å². The first-order chi connectivity index (χ1) is 8.16. The molecule has 18 heavy (non-hydrogen) atoms. The lowest BCUT2D eigenvalue weighted by atomic mass is 10.2. The molecule has 0 aliphatic heterocycles. The van der Waals surface area contributed by atoms with Crippen molar-refractivity contribution < 1.29 is 33.3 Å². The van der Waals surface area contributed by atoms with Crippen LogP contribution in [-0.4, -0.2) is 5.91 Å². The summed E-state index contributed by atoms with van der Waals surface area (Å²) in [4.78, 5) is 11.9. The van der Waals surface area contributed by atoms with Crippen LogP contribution in [0.5, 0.6) is 0 Å². The van der Waals surface area contributed by atoms with E-state index < -0.39 is 0 Å². The van der Waals surface area contributed by atoms with E-state index >= 15 is 0 Å². The average Bonchev–Trinajstić information content (AvgIpc) is 2.33. The summed E-state index contributed by atoms with van der Waals surface area (Å²) in [6.45, 7) is 0. The molecule has 0 atom stereocenters. The minimum atomic E-state index is -0.168. The normalized spacial score (nSPS) is 9.44. The first-order valence-electron chi connectivity index (χ1n) is 5.18. The average molecular weight is 375 g/mol. The molecule has 0 radical (unpaired) electrons. The van der Waals surface area contributed by atoms with Crippen LogP contribution < -0.4 is 33.9 Å². The van der Waals surface area contributed by atoms with E-state index in [1.165, 1.54) is 0 Å². The molecule has 2 rings (SSSR count). The minimum absolute atomic E-state index is 0. The molecule has 0 fully saturated rings. The number of hydrogen-bond acceptors (Lipinski definition) is 1. The molecule has 1 aromatic carbocycles. The molecule has 0 spiro atoms. The van der Waals surface area contributed by atoms with Gasteiger partial charge in [0.2, 0.25) is 0 Å². The molecular weight excluding hydrogens is 363 g/mol. The molecule has 1 aromatic heterocycles. The highest BCUT2D eigenvalue weighted by Crippen LogP contribution is 2.20. The van der Waals surface area contributed by atoms with Gasteiger partial charge in [-0.15, -0.1) is 0 Å². The number of aryl methyl sites for hydroxylation is 1. The topological polar surface area (TPSA) is 33.0 Å². The van der Waals surface area contributed by atoms with Crippen LogP contribution in [0.25, 0.3) is 0 Å². The lowest BCUT2D eigenvalue weighted by molar-refractivity contribution is -0.671. The van der Waals surface area contributed by atoms with E-state index in [2.05, 4.69) is 5.32 Å². The van der Waals surface area contributed by atoms with Crippen molar-refractivity contribution in [3.8, 4) is 0 Å². The summed E-state index contributed by atoms with van der Waals surface area (Å²) < 4.78 is 1.87. The lowest BCUT2D eigenvalue weighted by Gasteiger charge is -2.06. The van der Waals surface area contributed by atoms with Gasteiger partial charge in [0.15, 0.2) is 12.4 Å². The maximum atomic E-state index is 11.9. The Labute approximate surface area is 128 Å². The maximum Gasteiger partial charge on any atom is 0.256 e. The molecule has 0 saturated heterocycles. The molecular formula is C13H12ClIN2O. The zero-order valence-corrected chi connectivity index (χ0v) is 12.6. The van der Waals surface area contributed by atoms with E-state index in [0.29, 0.717) is 16.3 Å². The van der Waals surface area contributed by atoms with E-state index in [1.807, 2.05) is 36.1 Å². The lowest BCUT2D eigenvalue weighted by Crippen LogP contribution is -3.00. The van der Waals surface area contributed by atoms with Crippen molar-refractivity contribution in [3.63, 3.8) is 0 Å². The summed E-state index contributed by atoms with van der Waals surface area (Å²) >= 11 is 5.96. The Kier molecular flexibility index (Phi) is 5.55. The number of nitrogens with zero attached hydrogens (tertiary/aromatic N) is 1. The van der Waals surface area contributed by atoms with Gasteiger partial charge in [-0.2, -0.15) is 0 Å². The van der Waals surface area contributed by atoms with Crippen LogP contribution >= 0.6 is 11.6 Å². The molecule has 1 N–H and O–H groups in total. The largest absolute Gasteiger partial charge is 1.00 e. The van der Waals surface area contributed by atoms with E-state index in [-0.39, 0.29) is 29.9 Å². The first-order valence-corrected chi connectivity index (χ1v) is 5.56. The Hall–Kier alpha value is -1.14. The van der Waals surface area contributed by atoms with E-state index in [9.17, 15) is 4.79 Å². The van der Waals surface area contributed by atoms with E-state index in [0.717, 1.165) is 0 Å². The van der Waals surface area contributed by atoms with Gasteiger partial charge in [-0.25, -0.2) is 4.57 Å². The summed E-state index contributed by atoms with van der Waals surface area (Å²) in [5.74, 6) is -0.168. The zero-order valence-electron chi connectivity index (χ0n) is 9.73. The standard InChI is InChI=1S/C13H11ClN2O.HI/c1-16-8-6-10(7-9-16)13(17)15-12-5-3-2-4-11(12)14;/h2-9H,1H3;1H. The number of benzene rings is 1. The second kappa shape index (κ2) is 6.70. The van der Waals surface area contributed by atoms with Crippen molar-refractivity contribution in [1.82, 2.24) is 0 Å². The predicted octanol–water partition coefficient (Wildman–Crippen LogP) is -0.579. The molecule has 2 aromatic rings. The number of rotatable bonds is 2. The van der Waals surface area contributed by atoms with Gasteiger partial charge in [0.1, 0.15) is 7.05 Å². The van der Waals surface area contributed by atoms with Crippen molar-refractivity contribution >= 4 is 23.2 Å². The molecule has 0 unspecified atom stereocenters. The van der Waals surface area contributed by atoms with Crippen molar-refractivity contribution in [1.29, 1.82) is 0 Å².